The van der Waals surface area contributed by atoms with Gasteiger partial charge in [-0.3, -0.25) is 4.79 Å². The number of aromatic hydroxyl groups is 3. The zero-order valence-electron chi connectivity index (χ0n) is 54.5. The molecular formula is C84H85NO9S2. The van der Waals surface area contributed by atoms with Gasteiger partial charge < -0.3 is 45.8 Å². The highest BCUT2D eigenvalue weighted by Crippen LogP contribution is 2.85. The third-order valence-electron chi connectivity index (χ3n) is 30.7. The van der Waals surface area contributed by atoms with E-state index in [4.69, 9.17) is 4.74 Å². The molecule has 12 heteroatoms. The summed E-state index contributed by atoms with van der Waals surface area (Å²) in [5.41, 5.74) is 10.6. The van der Waals surface area contributed by atoms with Crippen LogP contribution in [0.5, 0.6) is 23.0 Å². The first-order valence-corrected chi connectivity index (χ1v) is 39.1. The lowest BCUT2D eigenvalue weighted by molar-refractivity contribution is -0.200. The number of phenolic OH excluding ortho intramolecular Hbond substituents is 3. The van der Waals surface area contributed by atoms with Crippen LogP contribution in [0, 0.1) is 99.1 Å². The van der Waals surface area contributed by atoms with E-state index < -0.39 is 88.1 Å². The number of ketones is 1. The van der Waals surface area contributed by atoms with E-state index in [-0.39, 0.29) is 98.7 Å². The Balaban J connectivity index is 0.945. The average molecular weight is 1320 g/mol. The highest BCUT2D eigenvalue weighted by molar-refractivity contribution is 8.77. The summed E-state index contributed by atoms with van der Waals surface area (Å²) < 4.78 is 5.91. The summed E-state index contributed by atoms with van der Waals surface area (Å²) in [4.78, 5) is 17.9. The van der Waals surface area contributed by atoms with Crippen molar-refractivity contribution in [2.45, 2.75) is 185 Å². The summed E-state index contributed by atoms with van der Waals surface area (Å²) >= 11 is 0. The van der Waals surface area contributed by atoms with Gasteiger partial charge in [-0.2, -0.15) is 0 Å². The van der Waals surface area contributed by atoms with Crippen molar-refractivity contribution in [3.63, 3.8) is 0 Å². The molecule has 15 aliphatic carbocycles. The Morgan fingerprint density at radius 1 is 0.844 bits per heavy atom. The number of rotatable bonds is 5. The topological polar surface area (TPSA) is 180 Å². The Hall–Kier alpha value is -5.93. The van der Waals surface area contributed by atoms with Gasteiger partial charge in [0, 0.05) is 94.3 Å². The highest BCUT2D eigenvalue weighted by Gasteiger charge is 2.81. The predicted octanol–water partition coefficient (Wildman–Crippen LogP) is 12.7. The van der Waals surface area contributed by atoms with Gasteiger partial charge >= 0.3 is 0 Å². The molecule has 0 unspecified atom stereocenters. The molecule has 6 fully saturated rings. The number of nitrogens with one attached hydrogen (secondary N) is 1. The fraction of sp³-hybridized carbons (Fsp3) is 0.536. The van der Waals surface area contributed by atoms with Gasteiger partial charge in [-0.15, -0.1) is 5.92 Å². The van der Waals surface area contributed by atoms with E-state index in [1.807, 2.05) is 51.9 Å². The van der Waals surface area contributed by atoms with E-state index in [1.165, 1.54) is 29.4 Å². The van der Waals surface area contributed by atoms with Crippen molar-refractivity contribution in [1.29, 1.82) is 0 Å². The fourth-order valence-corrected chi connectivity index (χ4v) is 30.8. The van der Waals surface area contributed by atoms with Gasteiger partial charge in [0.1, 0.15) is 11.2 Å². The van der Waals surface area contributed by atoms with E-state index in [0.717, 1.165) is 122 Å². The number of hydrogen-bond donors (Lipinski definition) is 8. The molecule has 4 aromatic carbocycles. The van der Waals surface area contributed by atoms with Gasteiger partial charge in [-0.05, 0) is 196 Å². The number of phenols is 3. The van der Waals surface area contributed by atoms with Crippen LogP contribution in [0.2, 0.25) is 0 Å². The molecule has 1 saturated heterocycles. The van der Waals surface area contributed by atoms with Gasteiger partial charge in [-0.25, -0.2) is 0 Å². The minimum Gasteiger partial charge on any atom is -0.504 e. The molecule has 4 aromatic rings. The van der Waals surface area contributed by atoms with Gasteiger partial charge in [0.25, 0.3) is 0 Å². The standard InChI is InChI=1S/C84H85NO9S2/c1-94-68-36-52(46(39-86)31-66(68)90)51-33-67(91)71-48-18-25-80-22-8-13-62-49(15-14-44(51)26-42-10-3-2-4-11-42)75(76(71)92)84-59-37-65(89)64(88)35-56(59)57-38-70(84)82-41-81(57)23-7-12-47(81)32-58(82)53-34-63(87)45-27-43-28-55(48)73(80)60(29-43)83(24-9-21-79(83)19-5-6-20-79)61(78(80)93)40-95-96-69-17-16-50(77(84)85-62)74(82)72(69)54(53)30-45/h2-4,10-11,16-18,25,28-32,35-37,44,47-51,53,57,61-63,69-71,74-78,85-90,92-93H,5-7,9,12-13,19-21,23-24,26-27,33-34,38-41H2,1H3/t44-,47+,48+,49+,50-,51+,53-,57+,61+,62-,63+,69+,70+,71+,74+,75-,76-,77+,78+,80-,81+,82+,83+,84+/m0/s1. The number of hydrogen-bond acceptors (Lipinski definition) is 12. The molecule has 8 N–H and O–H groups in total. The maximum absolute atomic E-state index is 17.9. The molecule has 24 atom stereocenters. The van der Waals surface area contributed by atoms with Crippen LogP contribution in [-0.2, 0) is 40.5 Å². The van der Waals surface area contributed by atoms with Gasteiger partial charge in [-0.1, -0.05) is 150 Å². The SMILES string of the molecule is COc1cc([C@@H]2CC(=O)[C@@H]3[C@H](O)[C@@H]4[C@H](C#C[C@H]2Cc2ccccc2)[C@@H]2CC#C[C@]56C=C[C@@H]3c3cc7cc(c35)[C@]3(CCCC35CCCC5)[C@H](CSS[C@@H]3C=C[C@@H]5[C@@H](N2)[C@@]42c4cc(O)c(O)cc4[C@H]4C[C@@H]2[C@@]28C[C@@]49CCC[C@@H]9C=C2[C@H]2C[C@@H](O)C(=CC2=C3[C@@H]58)C7)[C@H]6O)c(CO)cc1O. The summed E-state index contributed by atoms with van der Waals surface area (Å²) in [7, 11) is 5.53. The summed E-state index contributed by atoms with van der Waals surface area (Å²) in [6.45, 7) is -0.406. The Bertz CT molecular complexity index is 4440. The first-order chi connectivity index (χ1) is 46.7. The molecule has 492 valence electrons. The molecule has 0 radical (unpaired) electrons. The van der Waals surface area contributed by atoms with Crippen LogP contribution >= 0.6 is 21.6 Å². The second-order valence-corrected chi connectivity index (χ2v) is 36.0. The minimum atomic E-state index is -1.35. The van der Waals surface area contributed by atoms with Crippen LogP contribution in [0.25, 0.3) is 0 Å². The van der Waals surface area contributed by atoms with Crippen molar-refractivity contribution in [1.82, 2.24) is 5.32 Å². The number of Topliss-reactive ketones (excluding diaryl/α,β-unsaturated/α-hetero) is 1. The molecule has 96 heavy (non-hydrogen) atoms. The first-order valence-electron chi connectivity index (χ1n) is 36.7. The monoisotopic (exact) mass is 1320 g/mol. The second kappa shape index (κ2) is 20.2. The van der Waals surface area contributed by atoms with Gasteiger partial charge in [0.2, 0.25) is 0 Å². The normalized spacial score (nSPS) is 44.5. The molecule has 2 aliphatic heterocycles. The number of aliphatic hydroxyl groups is 4. The van der Waals surface area contributed by atoms with E-state index in [9.17, 15) is 30.6 Å². The Labute approximate surface area is 570 Å². The molecule has 6 spiro atoms. The van der Waals surface area contributed by atoms with Gasteiger partial charge in [0.15, 0.2) is 23.0 Å². The first kappa shape index (κ1) is 59.0. The molecule has 15 bridgehead atoms. The lowest BCUT2D eigenvalue weighted by Crippen LogP contribution is -2.81. The molecule has 5 saturated carbocycles. The number of methoxy groups -OCH3 is 1. The minimum absolute atomic E-state index is 0.00455. The summed E-state index contributed by atoms with van der Waals surface area (Å²) in [5, 5.41) is 96.3. The molecule has 10 nitrogen and oxygen atoms in total. The molecule has 0 amide bonds. The number of ether oxygens (including phenoxy) is 1. The van der Waals surface area contributed by atoms with Crippen LogP contribution in [0.1, 0.15) is 164 Å². The smallest absolute Gasteiger partial charge is 0.160 e. The second-order valence-electron chi connectivity index (χ2n) is 33.4. The number of allylic oxidation sites excluding steroid dienone is 5. The summed E-state index contributed by atoms with van der Waals surface area (Å²) in [6.07, 6.45) is 26.3. The van der Waals surface area contributed by atoms with Crippen LogP contribution in [0.3, 0.4) is 0 Å². The van der Waals surface area contributed by atoms with Crippen molar-refractivity contribution in [2.24, 2.45) is 75.4 Å². The summed E-state index contributed by atoms with van der Waals surface area (Å²) in [5.74, 6) is 12.2. The fourth-order valence-electron chi connectivity index (χ4n) is 27.8. The predicted molar refractivity (Wildman–Crippen MR) is 370 cm³/mol. The molecule has 21 rings (SSSR count). The average Bonchev–Trinajstić information content (AvgIpc) is 0.793. The quantitative estimate of drug-likeness (QED) is 0.0411. The molecule has 17 aliphatic rings. The maximum atomic E-state index is 17.9. The number of benzene rings is 4. The van der Waals surface area contributed by atoms with E-state index >= 15 is 9.90 Å². The number of fused-ring (bicyclic) bond motifs is 7. The Kier molecular flexibility index (Phi) is 12.4. The van der Waals surface area contributed by atoms with Crippen molar-refractivity contribution in [3.8, 4) is 46.7 Å². The van der Waals surface area contributed by atoms with Crippen molar-refractivity contribution >= 4 is 27.4 Å². The molecule has 0 aromatic heterocycles. The van der Waals surface area contributed by atoms with Crippen molar-refractivity contribution < 1.29 is 45.3 Å². The number of piperidine rings is 1. The largest absolute Gasteiger partial charge is 0.504 e. The van der Waals surface area contributed by atoms with E-state index in [2.05, 4.69) is 89.7 Å². The van der Waals surface area contributed by atoms with Crippen LogP contribution in [0.4, 0.5) is 0 Å². The van der Waals surface area contributed by atoms with E-state index in [1.54, 1.807) is 12.1 Å². The Morgan fingerprint density at radius 3 is 2.53 bits per heavy atom. The van der Waals surface area contributed by atoms with Crippen LogP contribution < -0.4 is 10.1 Å². The zero-order valence-corrected chi connectivity index (χ0v) is 56.1. The third kappa shape index (κ3) is 7.04. The lowest BCUT2D eigenvalue weighted by atomic mass is 9.25. The lowest BCUT2D eigenvalue weighted by Gasteiger charge is -2.79. The van der Waals surface area contributed by atoms with Gasteiger partial charge in [0.05, 0.1) is 43.2 Å². The Morgan fingerprint density at radius 2 is 1.69 bits per heavy atom. The van der Waals surface area contributed by atoms with Crippen LogP contribution in [-0.4, -0.2) is 90.0 Å². The maximum Gasteiger partial charge on any atom is 0.160 e. The van der Waals surface area contributed by atoms with Crippen molar-refractivity contribution in [2.75, 3.05) is 12.9 Å². The molecular weight excluding hydrogens is 1230 g/mol. The molecule has 2 heterocycles. The zero-order chi connectivity index (χ0) is 64.5. The van der Waals surface area contributed by atoms with Crippen LogP contribution in [0.15, 0.2) is 125 Å². The number of carbonyl (C=O) groups is 1. The number of carbonyl (C=O) groups excluding carboxylic acids is 1. The number of aliphatic hydroxyl groups excluding tert-OH is 4. The van der Waals surface area contributed by atoms with Crippen molar-refractivity contribution in [3.05, 3.63) is 176 Å². The highest BCUT2D eigenvalue weighted by atomic mass is 33.1. The van der Waals surface area contributed by atoms with E-state index in [0.29, 0.717) is 36.8 Å². The third-order valence-corrected chi connectivity index (χ3v) is 33.4. The summed E-state index contributed by atoms with van der Waals surface area (Å²) in [6, 6.07) is 21.6.